The molecule has 0 aliphatic heterocycles. The highest BCUT2D eigenvalue weighted by Crippen LogP contribution is 2.30. The lowest BCUT2D eigenvalue weighted by Crippen LogP contribution is -1.90. The van der Waals surface area contributed by atoms with E-state index in [1.165, 1.54) is 12.3 Å². The summed E-state index contributed by atoms with van der Waals surface area (Å²) in [5, 5.41) is 17.4. The van der Waals surface area contributed by atoms with E-state index in [4.69, 9.17) is 0 Å². The Kier molecular flexibility index (Phi) is 2.63. The summed E-state index contributed by atoms with van der Waals surface area (Å²) >= 11 is 0. The lowest BCUT2D eigenvalue weighted by atomic mass is 10.1. The summed E-state index contributed by atoms with van der Waals surface area (Å²) < 4.78 is 25.4. The van der Waals surface area contributed by atoms with Crippen LogP contribution in [0.5, 0.6) is 5.75 Å². The van der Waals surface area contributed by atoms with Crippen molar-refractivity contribution in [2.45, 2.75) is 6.43 Å². The number of hydrogen-bond donors (Lipinski definition) is 2. The fourth-order valence-electron chi connectivity index (χ4n) is 1.93. The first-order chi connectivity index (χ1) is 9.16. The molecule has 2 aromatic heterocycles. The third-order valence-corrected chi connectivity index (χ3v) is 2.87. The standard InChI is InChI=1S/C13H9F2N3O/c14-13(15)8-6-16-10-5-9(17-18-12(8)10)7-3-1-2-4-11(7)19/h1-6,13,16,19H. The highest BCUT2D eigenvalue weighted by atomic mass is 19.3. The Hall–Kier alpha value is -2.50. The molecule has 3 aromatic rings. The van der Waals surface area contributed by atoms with Crippen molar-refractivity contribution in [3.63, 3.8) is 0 Å². The molecule has 0 radical (unpaired) electrons. The highest BCUT2D eigenvalue weighted by Gasteiger charge is 2.16. The Labute approximate surface area is 106 Å². The van der Waals surface area contributed by atoms with E-state index in [0.717, 1.165) is 0 Å². The zero-order valence-electron chi connectivity index (χ0n) is 9.64. The number of phenols is 1. The van der Waals surface area contributed by atoms with Crippen molar-refractivity contribution in [2.24, 2.45) is 0 Å². The second-order valence-corrected chi connectivity index (χ2v) is 4.05. The molecule has 4 nitrogen and oxygen atoms in total. The van der Waals surface area contributed by atoms with Gasteiger partial charge < -0.3 is 10.1 Å². The number of H-pyrrole nitrogens is 1. The average molecular weight is 261 g/mol. The molecular weight excluding hydrogens is 252 g/mol. The molecule has 19 heavy (non-hydrogen) atoms. The lowest BCUT2D eigenvalue weighted by Gasteiger charge is -2.03. The van der Waals surface area contributed by atoms with Gasteiger partial charge in [0.25, 0.3) is 6.43 Å². The Morgan fingerprint density at radius 2 is 1.95 bits per heavy atom. The fourth-order valence-corrected chi connectivity index (χ4v) is 1.93. The minimum atomic E-state index is -2.60. The van der Waals surface area contributed by atoms with Crippen molar-refractivity contribution in [1.29, 1.82) is 0 Å². The molecule has 0 fully saturated rings. The number of hydrogen-bond acceptors (Lipinski definition) is 3. The zero-order valence-corrected chi connectivity index (χ0v) is 9.64. The van der Waals surface area contributed by atoms with Crippen molar-refractivity contribution < 1.29 is 13.9 Å². The quantitative estimate of drug-likeness (QED) is 0.744. The van der Waals surface area contributed by atoms with Gasteiger partial charge in [0.15, 0.2) is 0 Å². The van der Waals surface area contributed by atoms with Gasteiger partial charge in [0.1, 0.15) is 11.3 Å². The van der Waals surface area contributed by atoms with Gasteiger partial charge in [0.2, 0.25) is 0 Å². The molecule has 0 aliphatic carbocycles. The zero-order chi connectivity index (χ0) is 13.4. The third-order valence-electron chi connectivity index (χ3n) is 2.87. The molecule has 3 rings (SSSR count). The van der Waals surface area contributed by atoms with Gasteiger partial charge in [-0.3, -0.25) is 0 Å². The molecule has 2 heterocycles. The number of alkyl halides is 2. The first kappa shape index (κ1) is 11.6. The van der Waals surface area contributed by atoms with Gasteiger partial charge in [0, 0.05) is 11.8 Å². The number of rotatable bonds is 2. The summed E-state index contributed by atoms with van der Waals surface area (Å²) in [5.74, 6) is 0.0665. The molecule has 0 spiro atoms. The molecule has 0 atom stereocenters. The van der Waals surface area contributed by atoms with Gasteiger partial charge in [-0.15, -0.1) is 10.2 Å². The molecule has 6 heteroatoms. The molecule has 0 unspecified atom stereocenters. The normalized spacial score (nSPS) is 11.3. The van der Waals surface area contributed by atoms with E-state index in [-0.39, 0.29) is 16.8 Å². The van der Waals surface area contributed by atoms with Crippen molar-refractivity contribution >= 4 is 11.0 Å². The van der Waals surface area contributed by atoms with Crippen molar-refractivity contribution in [2.75, 3.05) is 0 Å². The number of aromatic nitrogens is 3. The first-order valence-corrected chi connectivity index (χ1v) is 5.58. The van der Waals surface area contributed by atoms with Gasteiger partial charge in [-0.05, 0) is 18.2 Å². The largest absolute Gasteiger partial charge is 0.507 e. The Balaban J connectivity index is 2.16. The lowest BCUT2D eigenvalue weighted by molar-refractivity contribution is 0.153. The van der Waals surface area contributed by atoms with Gasteiger partial charge in [-0.1, -0.05) is 12.1 Å². The Morgan fingerprint density at radius 1 is 1.16 bits per heavy atom. The van der Waals surface area contributed by atoms with Crippen molar-refractivity contribution in [3.8, 4) is 17.0 Å². The molecule has 96 valence electrons. The van der Waals surface area contributed by atoms with Gasteiger partial charge in [-0.25, -0.2) is 8.78 Å². The molecule has 0 saturated carbocycles. The van der Waals surface area contributed by atoms with Crippen LogP contribution < -0.4 is 0 Å². The number of halogens is 2. The van der Waals surface area contributed by atoms with E-state index < -0.39 is 6.43 Å². The molecular formula is C13H9F2N3O. The van der Waals surface area contributed by atoms with Crippen LogP contribution in [0.15, 0.2) is 36.5 Å². The van der Waals surface area contributed by atoms with Crippen LogP contribution in [0.25, 0.3) is 22.3 Å². The maximum Gasteiger partial charge on any atom is 0.267 e. The van der Waals surface area contributed by atoms with E-state index in [1.807, 2.05) is 0 Å². The molecule has 2 N–H and O–H groups in total. The third kappa shape index (κ3) is 1.91. The summed E-state index contributed by atoms with van der Waals surface area (Å²) in [5.41, 5.74) is 1.36. The minimum Gasteiger partial charge on any atom is -0.507 e. The van der Waals surface area contributed by atoms with E-state index in [1.54, 1.807) is 24.3 Å². The monoisotopic (exact) mass is 261 g/mol. The van der Waals surface area contributed by atoms with E-state index >= 15 is 0 Å². The minimum absolute atomic E-state index is 0.0665. The Bertz CT molecular complexity index is 740. The van der Waals surface area contributed by atoms with Crippen LogP contribution in [-0.2, 0) is 0 Å². The predicted octanol–water partition coefficient (Wildman–Crippen LogP) is 3.27. The number of aromatic amines is 1. The van der Waals surface area contributed by atoms with E-state index in [2.05, 4.69) is 15.2 Å². The maximum absolute atomic E-state index is 12.7. The van der Waals surface area contributed by atoms with Crippen molar-refractivity contribution in [3.05, 3.63) is 42.1 Å². The molecule has 0 amide bonds. The number of nitrogens with one attached hydrogen (secondary N) is 1. The van der Waals surface area contributed by atoms with Crippen LogP contribution >= 0.6 is 0 Å². The van der Waals surface area contributed by atoms with Crippen LogP contribution in [0, 0.1) is 0 Å². The number of aromatic hydroxyl groups is 1. The fraction of sp³-hybridized carbons (Fsp3) is 0.0769. The second-order valence-electron chi connectivity index (χ2n) is 4.05. The molecule has 0 bridgehead atoms. The van der Waals surface area contributed by atoms with Crippen LogP contribution in [-0.4, -0.2) is 20.3 Å². The van der Waals surface area contributed by atoms with Crippen molar-refractivity contribution in [1.82, 2.24) is 15.2 Å². The molecule has 1 aromatic carbocycles. The highest BCUT2D eigenvalue weighted by molar-refractivity contribution is 5.82. The molecule has 0 aliphatic rings. The summed E-state index contributed by atoms with van der Waals surface area (Å²) in [6.45, 7) is 0. The smallest absolute Gasteiger partial charge is 0.267 e. The second kappa shape index (κ2) is 4.31. The van der Waals surface area contributed by atoms with E-state index in [9.17, 15) is 13.9 Å². The molecule has 0 saturated heterocycles. The van der Waals surface area contributed by atoms with Crippen LogP contribution in [0.1, 0.15) is 12.0 Å². The average Bonchev–Trinajstić information content (AvgIpc) is 2.82. The summed E-state index contributed by atoms with van der Waals surface area (Å²) in [6, 6.07) is 8.24. The predicted molar refractivity (Wildman–Crippen MR) is 65.9 cm³/mol. The maximum atomic E-state index is 12.7. The number of nitrogens with zero attached hydrogens (tertiary/aromatic N) is 2. The number of para-hydroxylation sites is 1. The van der Waals surface area contributed by atoms with Crippen LogP contribution in [0.3, 0.4) is 0 Å². The van der Waals surface area contributed by atoms with E-state index in [0.29, 0.717) is 16.8 Å². The number of benzene rings is 1. The SMILES string of the molecule is Oc1ccccc1-c1cc2[nH]cc(C(F)F)c2nn1. The van der Waals surface area contributed by atoms with Gasteiger partial charge >= 0.3 is 0 Å². The van der Waals surface area contributed by atoms with Gasteiger partial charge in [-0.2, -0.15) is 0 Å². The summed E-state index contributed by atoms with van der Waals surface area (Å²) in [4.78, 5) is 2.73. The van der Waals surface area contributed by atoms with Gasteiger partial charge in [0.05, 0.1) is 16.8 Å². The first-order valence-electron chi connectivity index (χ1n) is 5.58. The Morgan fingerprint density at radius 3 is 2.68 bits per heavy atom. The number of fused-ring (bicyclic) bond motifs is 1. The summed E-state index contributed by atoms with van der Waals surface area (Å²) in [6.07, 6.45) is -1.38. The van der Waals surface area contributed by atoms with Crippen LogP contribution in [0.4, 0.5) is 8.78 Å². The number of phenolic OH excluding ortho intramolecular Hbond substituents is 1. The topological polar surface area (TPSA) is 61.8 Å². The van der Waals surface area contributed by atoms with Crippen LogP contribution in [0.2, 0.25) is 0 Å². The summed E-state index contributed by atoms with van der Waals surface area (Å²) in [7, 11) is 0.